The van der Waals surface area contributed by atoms with Crippen LogP contribution in [0.4, 0.5) is 5.69 Å². The number of rotatable bonds is 0. The number of nitrogens with zero attached hydrogens (tertiary/aromatic N) is 1. The molecule has 2 aromatic rings. The van der Waals surface area contributed by atoms with E-state index >= 15 is 0 Å². The van der Waals surface area contributed by atoms with Crippen LogP contribution in [0.5, 0.6) is 0 Å². The maximum Gasteiger partial charge on any atom is 0.104 e. The van der Waals surface area contributed by atoms with Gasteiger partial charge in [-0.1, -0.05) is 0 Å². The van der Waals surface area contributed by atoms with Crippen LogP contribution < -0.4 is 5.73 Å². The van der Waals surface area contributed by atoms with Crippen LogP contribution >= 0.6 is 27.3 Å². The van der Waals surface area contributed by atoms with Crippen molar-refractivity contribution in [2.24, 2.45) is 0 Å². The molecule has 0 spiro atoms. The van der Waals surface area contributed by atoms with Crippen molar-refractivity contribution in [3.63, 3.8) is 0 Å². The Labute approximate surface area is 82.5 Å². The SMILES string of the molecule is Cc1sc2cc(Br)cnc2c1N. The van der Waals surface area contributed by atoms with Crippen molar-refractivity contribution >= 4 is 43.2 Å². The highest BCUT2D eigenvalue weighted by atomic mass is 79.9. The number of nitrogens with two attached hydrogens (primary N) is 1. The molecule has 12 heavy (non-hydrogen) atoms. The van der Waals surface area contributed by atoms with Crippen molar-refractivity contribution in [3.8, 4) is 0 Å². The van der Waals surface area contributed by atoms with Gasteiger partial charge in [0.1, 0.15) is 5.52 Å². The number of hydrogen-bond acceptors (Lipinski definition) is 3. The first-order chi connectivity index (χ1) is 5.68. The van der Waals surface area contributed by atoms with Gasteiger partial charge >= 0.3 is 0 Å². The van der Waals surface area contributed by atoms with Crippen LogP contribution in [0.1, 0.15) is 4.88 Å². The standard InChI is InChI=1S/C8H7BrN2S/c1-4-7(10)8-6(12-4)2-5(9)3-11-8/h2-3H,10H2,1H3. The summed E-state index contributed by atoms with van der Waals surface area (Å²) in [5.74, 6) is 0. The van der Waals surface area contributed by atoms with E-state index < -0.39 is 0 Å². The van der Waals surface area contributed by atoms with E-state index in [2.05, 4.69) is 20.9 Å². The molecule has 0 unspecified atom stereocenters. The summed E-state index contributed by atoms with van der Waals surface area (Å²) in [6, 6.07) is 2.04. The van der Waals surface area contributed by atoms with E-state index in [0.717, 1.165) is 25.3 Å². The normalized spacial score (nSPS) is 10.8. The van der Waals surface area contributed by atoms with E-state index in [1.54, 1.807) is 17.5 Å². The average Bonchev–Trinajstić information content (AvgIpc) is 2.28. The zero-order chi connectivity index (χ0) is 8.72. The quantitative estimate of drug-likeness (QED) is 0.772. The molecule has 0 fully saturated rings. The molecule has 4 heteroatoms. The first kappa shape index (κ1) is 8.01. The smallest absolute Gasteiger partial charge is 0.104 e. The molecule has 0 saturated heterocycles. The minimum absolute atomic E-state index is 0.808. The summed E-state index contributed by atoms with van der Waals surface area (Å²) in [7, 11) is 0. The summed E-state index contributed by atoms with van der Waals surface area (Å²) in [6.07, 6.45) is 1.77. The molecule has 0 amide bonds. The fourth-order valence-electron chi connectivity index (χ4n) is 1.09. The topological polar surface area (TPSA) is 38.9 Å². The second-order valence-electron chi connectivity index (χ2n) is 2.57. The molecule has 0 aliphatic rings. The van der Waals surface area contributed by atoms with Gasteiger partial charge in [0.15, 0.2) is 0 Å². The van der Waals surface area contributed by atoms with Crippen LogP contribution in [0.15, 0.2) is 16.7 Å². The van der Waals surface area contributed by atoms with E-state index in [0.29, 0.717) is 0 Å². The Bertz CT molecular complexity index is 436. The van der Waals surface area contributed by atoms with Crippen LogP contribution in [0.2, 0.25) is 0 Å². The zero-order valence-electron chi connectivity index (χ0n) is 6.47. The fraction of sp³-hybridized carbons (Fsp3) is 0.125. The molecule has 0 aliphatic carbocycles. The summed E-state index contributed by atoms with van der Waals surface area (Å²) >= 11 is 5.04. The maximum absolute atomic E-state index is 5.82. The number of nitrogen functional groups attached to an aromatic ring is 1. The van der Waals surface area contributed by atoms with Crippen molar-refractivity contribution in [2.45, 2.75) is 6.92 Å². The van der Waals surface area contributed by atoms with Crippen molar-refractivity contribution in [1.29, 1.82) is 0 Å². The van der Waals surface area contributed by atoms with Crippen LogP contribution in [0.25, 0.3) is 10.2 Å². The van der Waals surface area contributed by atoms with Gasteiger partial charge in [-0.2, -0.15) is 0 Å². The Hall–Kier alpha value is -0.610. The number of thiophene rings is 1. The summed E-state index contributed by atoms with van der Waals surface area (Å²) in [6.45, 7) is 2.01. The molecule has 0 radical (unpaired) electrons. The highest BCUT2D eigenvalue weighted by Crippen LogP contribution is 2.32. The van der Waals surface area contributed by atoms with E-state index in [1.807, 2.05) is 13.0 Å². The molecular weight excluding hydrogens is 236 g/mol. The molecule has 0 aliphatic heterocycles. The van der Waals surface area contributed by atoms with Crippen LogP contribution in [-0.2, 0) is 0 Å². The number of aryl methyl sites for hydroxylation is 1. The highest BCUT2D eigenvalue weighted by molar-refractivity contribution is 9.10. The van der Waals surface area contributed by atoms with Crippen molar-refractivity contribution in [2.75, 3.05) is 5.73 Å². The third-order valence-electron chi connectivity index (χ3n) is 1.72. The molecule has 2 rings (SSSR count). The predicted octanol–water partition coefficient (Wildman–Crippen LogP) is 2.95. The zero-order valence-corrected chi connectivity index (χ0v) is 8.87. The molecule has 62 valence electrons. The Balaban J connectivity index is 2.87. The molecule has 2 N–H and O–H groups in total. The molecule has 0 bridgehead atoms. The van der Waals surface area contributed by atoms with Gasteiger partial charge in [-0.05, 0) is 28.9 Å². The first-order valence-corrected chi connectivity index (χ1v) is 5.09. The number of halogens is 1. The summed E-state index contributed by atoms with van der Waals surface area (Å²) in [5, 5.41) is 0. The first-order valence-electron chi connectivity index (χ1n) is 3.48. The van der Waals surface area contributed by atoms with Crippen molar-refractivity contribution < 1.29 is 0 Å². The lowest BCUT2D eigenvalue weighted by atomic mass is 10.3. The Morgan fingerprint density at radius 2 is 2.33 bits per heavy atom. The lowest BCUT2D eigenvalue weighted by Crippen LogP contribution is -1.85. The third-order valence-corrected chi connectivity index (χ3v) is 3.21. The summed E-state index contributed by atoms with van der Waals surface area (Å²) in [4.78, 5) is 5.37. The molecule has 2 aromatic heterocycles. The number of hydrogen-bond donors (Lipinski definition) is 1. The van der Waals surface area contributed by atoms with Crippen molar-refractivity contribution in [1.82, 2.24) is 4.98 Å². The lowest BCUT2D eigenvalue weighted by Gasteiger charge is -1.91. The van der Waals surface area contributed by atoms with Gasteiger partial charge < -0.3 is 5.73 Å². The van der Waals surface area contributed by atoms with Gasteiger partial charge in [0.05, 0.1) is 10.4 Å². The summed E-state index contributed by atoms with van der Waals surface area (Å²) in [5.41, 5.74) is 7.55. The highest BCUT2D eigenvalue weighted by Gasteiger charge is 2.06. The minimum Gasteiger partial charge on any atom is -0.396 e. The molecular formula is C8H7BrN2S. The van der Waals surface area contributed by atoms with Gasteiger partial charge in [-0.25, -0.2) is 0 Å². The lowest BCUT2D eigenvalue weighted by molar-refractivity contribution is 1.40. The molecule has 0 atom stereocenters. The van der Waals surface area contributed by atoms with Gasteiger partial charge in [-0.3, -0.25) is 4.98 Å². The monoisotopic (exact) mass is 242 g/mol. The number of pyridine rings is 1. The number of anilines is 1. The molecule has 0 aromatic carbocycles. The summed E-state index contributed by atoms with van der Waals surface area (Å²) < 4.78 is 2.13. The van der Waals surface area contributed by atoms with Gasteiger partial charge in [-0.15, -0.1) is 11.3 Å². The van der Waals surface area contributed by atoms with Crippen LogP contribution in [-0.4, -0.2) is 4.98 Å². The Morgan fingerprint density at radius 1 is 1.58 bits per heavy atom. The van der Waals surface area contributed by atoms with Crippen LogP contribution in [0, 0.1) is 6.92 Å². The van der Waals surface area contributed by atoms with Gasteiger partial charge in [0, 0.05) is 15.5 Å². The van der Waals surface area contributed by atoms with Crippen molar-refractivity contribution in [3.05, 3.63) is 21.6 Å². The third kappa shape index (κ3) is 1.11. The van der Waals surface area contributed by atoms with E-state index in [-0.39, 0.29) is 0 Å². The number of fused-ring (bicyclic) bond motifs is 1. The molecule has 2 heterocycles. The van der Waals surface area contributed by atoms with E-state index in [9.17, 15) is 0 Å². The average molecular weight is 243 g/mol. The second kappa shape index (κ2) is 2.71. The Morgan fingerprint density at radius 3 is 3.08 bits per heavy atom. The van der Waals surface area contributed by atoms with Gasteiger partial charge in [0.25, 0.3) is 0 Å². The molecule has 2 nitrogen and oxygen atoms in total. The Kier molecular flexibility index (Phi) is 1.81. The number of aromatic nitrogens is 1. The molecule has 0 saturated carbocycles. The fourth-order valence-corrected chi connectivity index (χ4v) is 2.55. The predicted molar refractivity (Wildman–Crippen MR) is 56.5 cm³/mol. The largest absolute Gasteiger partial charge is 0.396 e. The van der Waals surface area contributed by atoms with Gasteiger partial charge in [0.2, 0.25) is 0 Å². The van der Waals surface area contributed by atoms with E-state index in [1.165, 1.54) is 0 Å². The minimum atomic E-state index is 0.808. The second-order valence-corrected chi connectivity index (χ2v) is 4.74. The maximum atomic E-state index is 5.82. The van der Waals surface area contributed by atoms with E-state index in [4.69, 9.17) is 5.73 Å². The van der Waals surface area contributed by atoms with Crippen LogP contribution in [0.3, 0.4) is 0 Å².